The fraction of sp³-hybridized carbons (Fsp3) is 0.150. The van der Waals surface area contributed by atoms with E-state index in [0.29, 0.717) is 22.6 Å². The monoisotopic (exact) mass is 435 g/mol. The number of halogens is 3. The topological polar surface area (TPSA) is 71.1 Å². The highest BCUT2D eigenvalue weighted by Crippen LogP contribution is 2.24. The average molecular weight is 436 g/mol. The van der Waals surface area contributed by atoms with E-state index >= 15 is 0 Å². The summed E-state index contributed by atoms with van der Waals surface area (Å²) in [5.41, 5.74) is 0.683. The number of rotatable bonds is 7. The molecule has 0 fully saturated rings. The van der Waals surface area contributed by atoms with Gasteiger partial charge < -0.3 is 10.6 Å². The minimum Gasteiger partial charge on any atom is -0.351 e. The van der Waals surface area contributed by atoms with Crippen LogP contribution in [-0.2, 0) is 11.2 Å². The van der Waals surface area contributed by atoms with Gasteiger partial charge in [-0.3, -0.25) is 9.59 Å². The maximum Gasteiger partial charge on any atom is 0.254 e. The highest BCUT2D eigenvalue weighted by Gasteiger charge is 2.13. The molecule has 0 bridgehead atoms. The zero-order chi connectivity index (χ0) is 20.8. The minimum absolute atomic E-state index is 0.000656. The molecule has 3 aromatic rings. The van der Waals surface area contributed by atoms with Gasteiger partial charge in [-0.15, -0.1) is 11.3 Å². The van der Waals surface area contributed by atoms with E-state index in [2.05, 4.69) is 15.6 Å². The number of carbonyl (C=O) groups excluding carboxylic acids is 2. The second kappa shape index (κ2) is 9.58. The summed E-state index contributed by atoms with van der Waals surface area (Å²) < 4.78 is 26.4. The van der Waals surface area contributed by atoms with E-state index in [0.717, 1.165) is 22.6 Å². The Morgan fingerprint density at radius 1 is 1.14 bits per heavy atom. The molecule has 29 heavy (non-hydrogen) atoms. The quantitative estimate of drug-likeness (QED) is 0.577. The Morgan fingerprint density at radius 2 is 1.93 bits per heavy atom. The Labute approximate surface area is 174 Å². The number of hydrogen-bond donors (Lipinski definition) is 2. The van der Waals surface area contributed by atoms with Crippen molar-refractivity contribution >= 4 is 39.9 Å². The van der Waals surface area contributed by atoms with E-state index in [9.17, 15) is 18.4 Å². The maximum atomic E-state index is 13.6. The molecule has 0 atom stereocenters. The van der Waals surface area contributed by atoms with Crippen molar-refractivity contribution in [3.05, 3.63) is 81.3 Å². The Kier molecular flexibility index (Phi) is 6.90. The Balaban J connectivity index is 1.47. The molecule has 0 unspecified atom stereocenters. The van der Waals surface area contributed by atoms with Crippen LogP contribution < -0.4 is 10.6 Å². The molecule has 0 radical (unpaired) electrons. The predicted molar refractivity (Wildman–Crippen MR) is 108 cm³/mol. The molecule has 150 valence electrons. The Hall–Kier alpha value is -2.84. The van der Waals surface area contributed by atoms with E-state index in [1.807, 2.05) is 24.3 Å². The summed E-state index contributed by atoms with van der Waals surface area (Å²) in [6, 6.07) is 10.2. The lowest BCUT2D eigenvalue weighted by atomic mass is 10.1. The van der Waals surface area contributed by atoms with E-state index in [1.54, 1.807) is 6.20 Å². The number of anilines is 1. The van der Waals surface area contributed by atoms with Gasteiger partial charge in [-0.25, -0.2) is 13.8 Å². The van der Waals surface area contributed by atoms with Gasteiger partial charge >= 0.3 is 0 Å². The molecule has 0 aliphatic rings. The summed E-state index contributed by atoms with van der Waals surface area (Å²) >= 11 is 7.48. The van der Waals surface area contributed by atoms with Crippen LogP contribution in [-0.4, -0.2) is 23.3 Å². The molecule has 9 heteroatoms. The number of carbonyl (C=O) groups is 2. The van der Waals surface area contributed by atoms with Crippen molar-refractivity contribution in [3.8, 4) is 0 Å². The lowest BCUT2D eigenvalue weighted by Gasteiger charge is -2.06. The number of aromatic nitrogens is 1. The van der Waals surface area contributed by atoms with Crippen LogP contribution in [0.1, 0.15) is 27.2 Å². The SMILES string of the molecule is O=C(CCNC(=O)c1ccc(F)cc1F)Nc1ncc(Cc2ccccc2Cl)s1. The van der Waals surface area contributed by atoms with Gasteiger partial charge in [-0.1, -0.05) is 29.8 Å². The molecule has 0 aliphatic heterocycles. The molecule has 1 aromatic heterocycles. The summed E-state index contributed by atoms with van der Waals surface area (Å²) in [4.78, 5) is 29.0. The molecule has 2 aromatic carbocycles. The summed E-state index contributed by atoms with van der Waals surface area (Å²) in [5, 5.41) is 6.19. The number of hydrogen-bond acceptors (Lipinski definition) is 4. The van der Waals surface area contributed by atoms with Gasteiger partial charge in [0.2, 0.25) is 5.91 Å². The van der Waals surface area contributed by atoms with Gasteiger partial charge in [0.25, 0.3) is 5.91 Å². The lowest BCUT2D eigenvalue weighted by molar-refractivity contribution is -0.116. The van der Waals surface area contributed by atoms with Crippen LogP contribution in [0.5, 0.6) is 0 Å². The summed E-state index contributed by atoms with van der Waals surface area (Å²) in [5.74, 6) is -2.79. The lowest BCUT2D eigenvalue weighted by Crippen LogP contribution is -2.28. The van der Waals surface area contributed by atoms with Crippen LogP contribution in [0.4, 0.5) is 13.9 Å². The van der Waals surface area contributed by atoms with E-state index in [4.69, 9.17) is 11.6 Å². The van der Waals surface area contributed by atoms with Crippen LogP contribution in [0.15, 0.2) is 48.7 Å². The smallest absolute Gasteiger partial charge is 0.254 e. The Bertz CT molecular complexity index is 1040. The molecule has 0 aliphatic carbocycles. The molecule has 3 rings (SSSR count). The van der Waals surface area contributed by atoms with Gasteiger partial charge in [-0.05, 0) is 23.8 Å². The maximum absolute atomic E-state index is 13.6. The van der Waals surface area contributed by atoms with Gasteiger partial charge in [-0.2, -0.15) is 0 Å². The first-order valence-electron chi connectivity index (χ1n) is 8.63. The molecule has 2 amide bonds. The van der Waals surface area contributed by atoms with Gasteiger partial charge in [0.1, 0.15) is 11.6 Å². The van der Waals surface area contributed by atoms with Gasteiger partial charge in [0.15, 0.2) is 5.13 Å². The second-order valence-electron chi connectivity index (χ2n) is 6.08. The molecule has 0 spiro atoms. The summed E-state index contributed by atoms with van der Waals surface area (Å²) in [6.07, 6.45) is 2.25. The number of nitrogens with one attached hydrogen (secondary N) is 2. The summed E-state index contributed by atoms with van der Waals surface area (Å²) in [7, 11) is 0. The van der Waals surface area contributed by atoms with Crippen LogP contribution in [0.25, 0.3) is 0 Å². The zero-order valence-corrected chi connectivity index (χ0v) is 16.6. The largest absolute Gasteiger partial charge is 0.351 e. The van der Waals surface area contributed by atoms with Crippen molar-refractivity contribution in [2.24, 2.45) is 0 Å². The van der Waals surface area contributed by atoms with E-state index < -0.39 is 17.5 Å². The molecule has 5 nitrogen and oxygen atoms in total. The first-order valence-corrected chi connectivity index (χ1v) is 9.83. The zero-order valence-electron chi connectivity index (χ0n) is 15.0. The fourth-order valence-electron chi connectivity index (χ4n) is 2.52. The number of thiazole rings is 1. The highest BCUT2D eigenvalue weighted by atomic mass is 35.5. The van der Waals surface area contributed by atoms with Gasteiger partial charge in [0.05, 0.1) is 5.56 Å². The van der Waals surface area contributed by atoms with Crippen molar-refractivity contribution in [1.82, 2.24) is 10.3 Å². The number of amides is 2. The first-order chi connectivity index (χ1) is 13.9. The van der Waals surface area contributed by atoms with Crippen molar-refractivity contribution in [3.63, 3.8) is 0 Å². The van der Waals surface area contributed by atoms with Crippen molar-refractivity contribution in [1.29, 1.82) is 0 Å². The molecule has 2 N–H and O–H groups in total. The third-order valence-corrected chi connectivity index (χ3v) is 5.22. The third-order valence-electron chi connectivity index (χ3n) is 3.94. The van der Waals surface area contributed by atoms with E-state index in [-0.39, 0.29) is 24.4 Å². The summed E-state index contributed by atoms with van der Waals surface area (Å²) in [6.45, 7) is -0.000656. The number of nitrogens with zero attached hydrogens (tertiary/aromatic N) is 1. The fourth-order valence-corrected chi connectivity index (χ4v) is 3.57. The van der Waals surface area contributed by atoms with Crippen LogP contribution in [0.3, 0.4) is 0 Å². The van der Waals surface area contributed by atoms with Crippen LogP contribution in [0, 0.1) is 11.6 Å². The first kappa shape index (κ1) is 20.9. The predicted octanol–water partition coefficient (Wildman–Crippen LogP) is 4.42. The third kappa shape index (κ3) is 5.82. The van der Waals surface area contributed by atoms with Crippen molar-refractivity contribution in [2.45, 2.75) is 12.8 Å². The van der Waals surface area contributed by atoms with Crippen LogP contribution >= 0.6 is 22.9 Å². The van der Waals surface area contributed by atoms with Crippen molar-refractivity contribution < 1.29 is 18.4 Å². The molecule has 0 saturated carbocycles. The average Bonchev–Trinajstić information content (AvgIpc) is 3.10. The highest BCUT2D eigenvalue weighted by molar-refractivity contribution is 7.15. The molecule has 0 saturated heterocycles. The van der Waals surface area contributed by atoms with Crippen LogP contribution in [0.2, 0.25) is 5.02 Å². The normalized spacial score (nSPS) is 10.6. The molecule has 1 heterocycles. The van der Waals surface area contributed by atoms with E-state index in [1.165, 1.54) is 11.3 Å². The standard InChI is InChI=1S/C20H16ClF2N3O2S/c21-16-4-2-1-3-12(16)9-14-11-25-20(29-14)26-18(27)7-8-24-19(28)15-6-5-13(22)10-17(15)23/h1-6,10-11H,7-9H2,(H,24,28)(H,25,26,27). The van der Waals surface area contributed by atoms with Gasteiger partial charge in [0, 0.05) is 41.5 Å². The molecular weight excluding hydrogens is 420 g/mol. The van der Waals surface area contributed by atoms with Crippen molar-refractivity contribution in [2.75, 3.05) is 11.9 Å². The second-order valence-corrected chi connectivity index (χ2v) is 7.60. The Morgan fingerprint density at radius 3 is 2.69 bits per heavy atom. The number of benzene rings is 2. The minimum atomic E-state index is -0.958. The molecular formula is C20H16ClF2N3O2S.